The van der Waals surface area contributed by atoms with Gasteiger partial charge in [-0.1, -0.05) is 19.0 Å². The van der Waals surface area contributed by atoms with Crippen LogP contribution in [0, 0.1) is 5.41 Å². The first-order chi connectivity index (χ1) is 10.7. The highest BCUT2D eigenvalue weighted by Gasteiger charge is 2.37. The van der Waals surface area contributed by atoms with E-state index in [2.05, 4.69) is 24.3 Å². The third kappa shape index (κ3) is 4.07. The maximum atomic E-state index is 12.8. The van der Waals surface area contributed by atoms with E-state index < -0.39 is 18.6 Å². The van der Waals surface area contributed by atoms with Crippen molar-refractivity contribution in [2.24, 2.45) is 5.41 Å². The van der Waals surface area contributed by atoms with Gasteiger partial charge >= 0.3 is 6.18 Å². The smallest absolute Gasteiger partial charge is 0.361 e. The number of hydrogen-bond acceptors (Lipinski definition) is 4. The fourth-order valence-corrected chi connectivity index (χ4v) is 3.59. The Bertz CT molecular complexity index is 553. The Balaban J connectivity index is 1.74. The number of nitrogens with zero attached hydrogens (tertiary/aromatic N) is 2. The first-order valence-electron chi connectivity index (χ1n) is 8.21. The lowest BCUT2D eigenvalue weighted by Gasteiger charge is -2.36. The van der Waals surface area contributed by atoms with Crippen molar-refractivity contribution in [3.63, 3.8) is 0 Å². The summed E-state index contributed by atoms with van der Waals surface area (Å²) in [6.07, 6.45) is -2.13. The summed E-state index contributed by atoms with van der Waals surface area (Å²) in [5.41, 5.74) is 2.13. The minimum atomic E-state index is -4.15. The van der Waals surface area contributed by atoms with Crippen LogP contribution in [-0.4, -0.2) is 41.9 Å². The molecule has 1 atom stereocenters. The van der Waals surface area contributed by atoms with E-state index in [0.29, 0.717) is 26.2 Å². The van der Waals surface area contributed by atoms with Gasteiger partial charge in [0.25, 0.3) is 0 Å². The number of aryl methyl sites for hydroxylation is 1. The summed E-state index contributed by atoms with van der Waals surface area (Å²) in [5, 5.41) is 7.23. The number of hydrogen-bond donors (Lipinski definition) is 1. The molecule has 0 radical (unpaired) electrons. The zero-order valence-electron chi connectivity index (χ0n) is 13.7. The molecule has 130 valence electrons. The number of piperazine rings is 1. The molecule has 7 heteroatoms. The van der Waals surface area contributed by atoms with E-state index in [0.717, 1.165) is 36.3 Å². The van der Waals surface area contributed by atoms with Crippen LogP contribution in [0.15, 0.2) is 4.52 Å². The van der Waals surface area contributed by atoms with E-state index in [1.807, 2.05) is 4.90 Å². The maximum Gasteiger partial charge on any atom is 0.390 e. The van der Waals surface area contributed by atoms with Gasteiger partial charge in [-0.2, -0.15) is 13.2 Å². The summed E-state index contributed by atoms with van der Waals surface area (Å²) in [5.74, 6) is 0.918. The van der Waals surface area contributed by atoms with E-state index in [9.17, 15) is 13.2 Å². The van der Waals surface area contributed by atoms with Crippen molar-refractivity contribution in [3.8, 4) is 0 Å². The van der Waals surface area contributed by atoms with E-state index in [-0.39, 0.29) is 5.41 Å². The van der Waals surface area contributed by atoms with Crippen molar-refractivity contribution >= 4 is 0 Å². The van der Waals surface area contributed by atoms with Crippen LogP contribution in [0.5, 0.6) is 0 Å². The second-order valence-electron chi connectivity index (χ2n) is 7.52. The van der Waals surface area contributed by atoms with Gasteiger partial charge in [0, 0.05) is 44.2 Å². The van der Waals surface area contributed by atoms with Crippen LogP contribution in [0.1, 0.15) is 43.7 Å². The third-order valence-corrected chi connectivity index (χ3v) is 4.93. The molecule has 1 aromatic rings. The molecule has 2 heterocycles. The van der Waals surface area contributed by atoms with Gasteiger partial charge in [-0.3, -0.25) is 4.90 Å². The number of fused-ring (bicyclic) bond motifs is 1. The fourth-order valence-electron chi connectivity index (χ4n) is 3.59. The zero-order chi connectivity index (χ0) is 16.7. The normalized spacial score (nSPS) is 25.3. The summed E-state index contributed by atoms with van der Waals surface area (Å²) in [6.45, 7) is 6.54. The van der Waals surface area contributed by atoms with Gasteiger partial charge < -0.3 is 9.84 Å². The third-order valence-electron chi connectivity index (χ3n) is 4.93. The number of alkyl halides is 3. The predicted molar refractivity (Wildman–Crippen MR) is 80.0 cm³/mol. The van der Waals surface area contributed by atoms with E-state index in [1.54, 1.807) is 0 Å². The molecule has 1 aromatic heterocycles. The molecular formula is C16H24F3N3O. The molecule has 0 bridgehead atoms. The molecule has 0 aromatic carbocycles. The second kappa shape index (κ2) is 6.09. The summed E-state index contributed by atoms with van der Waals surface area (Å²) >= 11 is 0. The molecule has 0 amide bonds. The lowest BCUT2D eigenvalue weighted by molar-refractivity contribution is -0.149. The number of aromatic nitrogens is 1. The topological polar surface area (TPSA) is 41.3 Å². The largest absolute Gasteiger partial charge is 0.390 e. The highest BCUT2D eigenvalue weighted by atomic mass is 19.4. The number of halogens is 3. The van der Waals surface area contributed by atoms with Crippen molar-refractivity contribution in [3.05, 3.63) is 17.0 Å². The summed E-state index contributed by atoms with van der Waals surface area (Å²) in [4.78, 5) is 1.89. The first-order valence-corrected chi connectivity index (χ1v) is 8.21. The highest BCUT2D eigenvalue weighted by molar-refractivity contribution is 5.27. The Morgan fingerprint density at radius 1 is 1.39 bits per heavy atom. The molecular weight excluding hydrogens is 307 g/mol. The van der Waals surface area contributed by atoms with Crippen LogP contribution in [0.4, 0.5) is 13.2 Å². The van der Waals surface area contributed by atoms with Crippen LogP contribution in [-0.2, 0) is 19.4 Å². The minimum Gasteiger partial charge on any atom is -0.361 e. The molecule has 2 aliphatic rings. The van der Waals surface area contributed by atoms with Gasteiger partial charge in [-0.05, 0) is 18.3 Å². The van der Waals surface area contributed by atoms with E-state index >= 15 is 0 Å². The van der Waals surface area contributed by atoms with Crippen molar-refractivity contribution in [2.75, 3.05) is 19.6 Å². The van der Waals surface area contributed by atoms with Gasteiger partial charge in [0.15, 0.2) is 0 Å². The van der Waals surface area contributed by atoms with Crippen molar-refractivity contribution in [2.45, 2.75) is 58.3 Å². The van der Waals surface area contributed by atoms with Crippen LogP contribution in [0.3, 0.4) is 0 Å². The average Bonchev–Trinajstić information content (AvgIpc) is 2.80. The van der Waals surface area contributed by atoms with Crippen molar-refractivity contribution in [1.29, 1.82) is 0 Å². The lowest BCUT2D eigenvalue weighted by Crippen LogP contribution is -2.52. The quantitative estimate of drug-likeness (QED) is 0.925. The standard InChI is InChI=1S/C16H24F3N3O/c1-15(2)4-3-14-12(8-15)13(21-23-14)10-22-6-5-20-9-11(22)7-16(17,18)19/h11,20H,3-10H2,1-2H3. The summed E-state index contributed by atoms with van der Waals surface area (Å²) in [6, 6.07) is -0.535. The number of nitrogens with one attached hydrogen (secondary N) is 1. The van der Waals surface area contributed by atoms with Gasteiger partial charge in [-0.25, -0.2) is 0 Å². The fraction of sp³-hybridized carbons (Fsp3) is 0.812. The molecule has 1 fully saturated rings. The molecule has 1 N–H and O–H groups in total. The van der Waals surface area contributed by atoms with Crippen molar-refractivity contribution < 1.29 is 17.7 Å². The molecule has 0 saturated carbocycles. The minimum absolute atomic E-state index is 0.197. The van der Waals surface area contributed by atoms with Crippen LogP contribution >= 0.6 is 0 Å². The molecule has 1 saturated heterocycles. The van der Waals surface area contributed by atoms with Gasteiger partial charge in [0.05, 0.1) is 6.42 Å². The second-order valence-corrected chi connectivity index (χ2v) is 7.52. The van der Waals surface area contributed by atoms with Gasteiger partial charge in [0.1, 0.15) is 11.5 Å². The van der Waals surface area contributed by atoms with Gasteiger partial charge in [0.2, 0.25) is 0 Å². The Morgan fingerprint density at radius 3 is 2.91 bits per heavy atom. The van der Waals surface area contributed by atoms with E-state index in [1.165, 1.54) is 0 Å². The molecule has 0 spiro atoms. The molecule has 1 unspecified atom stereocenters. The molecule has 4 nitrogen and oxygen atoms in total. The highest BCUT2D eigenvalue weighted by Crippen LogP contribution is 2.37. The maximum absolute atomic E-state index is 12.8. The molecule has 1 aliphatic carbocycles. The van der Waals surface area contributed by atoms with Crippen LogP contribution in [0.2, 0.25) is 0 Å². The SMILES string of the molecule is CC1(C)CCc2onc(CN3CCNCC3CC(F)(F)F)c2C1. The Morgan fingerprint density at radius 2 is 2.17 bits per heavy atom. The monoisotopic (exact) mass is 331 g/mol. The Kier molecular flexibility index (Phi) is 4.44. The van der Waals surface area contributed by atoms with Crippen molar-refractivity contribution in [1.82, 2.24) is 15.4 Å². The zero-order valence-corrected chi connectivity index (χ0v) is 13.7. The lowest BCUT2D eigenvalue weighted by atomic mass is 9.76. The summed E-state index contributed by atoms with van der Waals surface area (Å²) in [7, 11) is 0. The predicted octanol–water partition coefficient (Wildman–Crippen LogP) is 2.92. The Hall–Kier alpha value is -1.08. The summed E-state index contributed by atoms with van der Waals surface area (Å²) < 4.78 is 43.8. The Labute approximate surface area is 134 Å². The number of rotatable bonds is 3. The average molecular weight is 331 g/mol. The van der Waals surface area contributed by atoms with Crippen LogP contribution in [0.25, 0.3) is 0 Å². The molecule has 23 heavy (non-hydrogen) atoms. The van der Waals surface area contributed by atoms with Crippen LogP contribution < -0.4 is 5.32 Å². The molecule has 3 rings (SSSR count). The van der Waals surface area contributed by atoms with E-state index in [4.69, 9.17) is 4.52 Å². The first kappa shape index (κ1) is 16.8. The van der Waals surface area contributed by atoms with Gasteiger partial charge in [-0.15, -0.1) is 0 Å². The molecule has 1 aliphatic heterocycles.